The van der Waals surface area contributed by atoms with Gasteiger partial charge in [0.2, 0.25) is 65.0 Å². The van der Waals surface area contributed by atoms with Crippen molar-refractivity contribution in [1.82, 2.24) is 52.8 Å². The number of likely N-dealkylation sites (tertiary alicyclic amines) is 1. The first kappa shape index (κ1) is 75.3. The van der Waals surface area contributed by atoms with Crippen molar-refractivity contribution < 1.29 is 106 Å². The molecule has 0 bridgehead atoms. The number of amides is 11. The summed E-state index contributed by atoms with van der Waals surface area (Å²) in [5.41, 5.74) is 28.4. The van der Waals surface area contributed by atoms with Crippen LogP contribution in [0, 0.1) is 5.92 Å². The first-order valence-electron chi connectivity index (χ1n) is 26.6. The van der Waals surface area contributed by atoms with Crippen LogP contribution < -0.4 is 76.5 Å². The van der Waals surface area contributed by atoms with Crippen LogP contribution >= 0.6 is 16.3 Å². The number of aliphatic carboxylic acids is 1. The van der Waals surface area contributed by atoms with Gasteiger partial charge in [-0.3, -0.25) is 58.1 Å². The van der Waals surface area contributed by atoms with Gasteiger partial charge in [0.25, 0.3) is 0 Å². The lowest BCUT2D eigenvalue weighted by Gasteiger charge is -2.31. The summed E-state index contributed by atoms with van der Waals surface area (Å²) < 4.78 is 9.01. The molecule has 1 saturated heterocycles. The van der Waals surface area contributed by atoms with Crippen LogP contribution in [0.4, 0.5) is 0 Å². The molecule has 1 aliphatic heterocycles. The molecule has 39 heteroatoms. The zero-order valence-corrected chi connectivity index (χ0v) is 49.0. The fraction of sp³-hybridized carbons (Fsp3) is 0.617. The molecule has 0 aliphatic carbocycles. The molecule has 0 aromatic heterocycles. The quantitative estimate of drug-likeness (QED) is 0.0165. The van der Waals surface area contributed by atoms with Gasteiger partial charge in [-0.1, -0.05) is 44.2 Å². The number of nitrogens with two attached hydrogens (primary N) is 5. The van der Waals surface area contributed by atoms with Crippen LogP contribution in [-0.2, 0) is 73.0 Å². The number of carbonyl (C=O) groups excluding carboxylic acids is 11. The van der Waals surface area contributed by atoms with Gasteiger partial charge in [0.1, 0.15) is 61.8 Å². The molecule has 484 valence electrons. The molecule has 11 amide bonds. The Hall–Kier alpha value is -6.80. The highest BCUT2D eigenvalue weighted by atomic mass is 31.2. The monoisotopic (exact) mass is 1270 g/mol. The van der Waals surface area contributed by atoms with Gasteiger partial charge in [-0.2, -0.15) is 38.4 Å². The van der Waals surface area contributed by atoms with Gasteiger partial charge >= 0.3 is 22.3 Å². The highest BCUT2D eigenvalue weighted by Crippen LogP contribution is 2.46. The summed E-state index contributed by atoms with van der Waals surface area (Å²) in [6, 6.07) is -6.61. The smallest absolute Gasteiger partial charge is 0.480 e. The number of primary amides is 2. The SMILES string of the molecule is CC(C)C[C@H](NC(=O)CNC(=O)[C@H](CC(N)=O)NC(=O)[C@@H](N)Cc1ccccc1)C(=O)N[C@H](C(=O)N[C@@H](CO[P+](O)(O)O)C(=O)N1CCC[C@H]1C(=O)N[C@@H](CCC(N)=O)C(=O)N[C@@H](CCCNC(N)N)C(=O)N[C@@H](CO[P+](O)(O)O)C(=O)O)[C@@H](C)O. The molecule has 1 fully saturated rings. The van der Waals surface area contributed by atoms with Crippen LogP contribution in [0.2, 0.25) is 0 Å². The second-order valence-corrected chi connectivity index (χ2v) is 22.8. The fourth-order valence-electron chi connectivity index (χ4n) is 8.22. The Balaban J connectivity index is 2.35. The number of carboxylic acid groups (broad SMARTS) is 1. The Morgan fingerprint density at radius 3 is 1.73 bits per heavy atom. The second kappa shape index (κ2) is 36.4. The Morgan fingerprint density at radius 1 is 0.651 bits per heavy atom. The molecule has 2 rings (SSSR count). The predicted octanol–water partition coefficient (Wildman–Crippen LogP) is -9.38. The van der Waals surface area contributed by atoms with Crippen molar-refractivity contribution in [1.29, 1.82) is 0 Å². The van der Waals surface area contributed by atoms with Crippen LogP contribution in [0.25, 0.3) is 0 Å². The van der Waals surface area contributed by atoms with E-state index in [1.54, 1.807) is 44.2 Å². The average Bonchev–Trinajstić information content (AvgIpc) is 2.71. The highest BCUT2D eigenvalue weighted by Gasteiger charge is 2.44. The van der Waals surface area contributed by atoms with E-state index in [9.17, 15) is 97.1 Å². The third-order valence-corrected chi connectivity index (χ3v) is 13.4. The summed E-state index contributed by atoms with van der Waals surface area (Å²) >= 11 is 0. The van der Waals surface area contributed by atoms with Crippen molar-refractivity contribution in [3.05, 3.63) is 35.9 Å². The molecule has 0 saturated carbocycles. The van der Waals surface area contributed by atoms with Gasteiger partial charge in [0.15, 0.2) is 6.04 Å². The lowest BCUT2D eigenvalue weighted by molar-refractivity contribution is -0.144. The van der Waals surface area contributed by atoms with Crippen molar-refractivity contribution in [3.8, 4) is 0 Å². The summed E-state index contributed by atoms with van der Waals surface area (Å²) in [5.74, 6) is -14.0. The molecule has 27 N–H and O–H groups in total. The predicted molar refractivity (Wildman–Crippen MR) is 299 cm³/mol. The minimum absolute atomic E-state index is 0.0196. The first-order valence-corrected chi connectivity index (χ1v) is 29.8. The summed E-state index contributed by atoms with van der Waals surface area (Å²) in [6.45, 7) is 0.885. The number of hydrogen-bond acceptors (Lipinski definition) is 25. The van der Waals surface area contributed by atoms with Crippen LogP contribution in [0.3, 0.4) is 0 Å². The van der Waals surface area contributed by atoms with Crippen molar-refractivity contribution in [2.45, 2.75) is 145 Å². The summed E-state index contributed by atoms with van der Waals surface area (Å²) in [4.78, 5) is 216. The van der Waals surface area contributed by atoms with Gasteiger partial charge in [-0.15, -0.1) is 0 Å². The number of aliphatic hydroxyl groups excluding tert-OH is 1. The number of benzene rings is 1. The van der Waals surface area contributed by atoms with E-state index >= 15 is 0 Å². The zero-order chi connectivity index (χ0) is 65.2. The topological polar surface area (TPSA) is 627 Å². The van der Waals surface area contributed by atoms with Gasteiger partial charge in [-0.05, 0) is 69.9 Å². The minimum atomic E-state index is -5.19. The van der Waals surface area contributed by atoms with Gasteiger partial charge < -0.3 is 86.3 Å². The average molecular weight is 1270 g/mol. The minimum Gasteiger partial charge on any atom is -0.480 e. The molecular formula is C47H81N15O22P2+2. The Labute approximate surface area is 493 Å². The van der Waals surface area contributed by atoms with E-state index in [-0.39, 0.29) is 57.5 Å². The van der Waals surface area contributed by atoms with Crippen molar-refractivity contribution in [3.63, 3.8) is 0 Å². The highest BCUT2D eigenvalue weighted by molar-refractivity contribution is 7.53. The van der Waals surface area contributed by atoms with Crippen LogP contribution in [0.1, 0.15) is 77.7 Å². The van der Waals surface area contributed by atoms with E-state index < -0.39 is 193 Å². The fourth-order valence-corrected chi connectivity index (χ4v) is 8.92. The molecule has 37 nitrogen and oxygen atoms in total. The van der Waals surface area contributed by atoms with Crippen molar-refractivity contribution in [2.24, 2.45) is 34.6 Å². The van der Waals surface area contributed by atoms with E-state index in [4.69, 9.17) is 28.7 Å². The maximum absolute atomic E-state index is 14.3. The van der Waals surface area contributed by atoms with Gasteiger partial charge in [-0.25, -0.2) is 4.79 Å². The molecular weight excluding hydrogens is 1190 g/mol. The molecule has 1 aliphatic rings. The Bertz CT molecular complexity index is 2490. The van der Waals surface area contributed by atoms with Crippen LogP contribution in [0.15, 0.2) is 30.3 Å². The molecule has 0 radical (unpaired) electrons. The van der Waals surface area contributed by atoms with E-state index in [0.29, 0.717) is 5.56 Å². The van der Waals surface area contributed by atoms with E-state index in [2.05, 4.69) is 51.6 Å². The number of carbonyl (C=O) groups is 12. The van der Waals surface area contributed by atoms with Crippen LogP contribution in [-0.4, -0.2) is 215 Å². The van der Waals surface area contributed by atoms with Crippen LogP contribution in [0.5, 0.6) is 0 Å². The number of nitrogens with one attached hydrogen (secondary N) is 9. The van der Waals surface area contributed by atoms with E-state index in [1.807, 2.05) is 5.32 Å². The Morgan fingerprint density at radius 2 is 1.20 bits per heavy atom. The number of carboxylic acids is 1. The maximum Gasteiger partial charge on any atom is 0.567 e. The lowest BCUT2D eigenvalue weighted by atomic mass is 10.0. The Kier molecular flexibility index (Phi) is 31.8. The summed E-state index contributed by atoms with van der Waals surface area (Å²) in [6.07, 6.45) is -5.01. The zero-order valence-electron chi connectivity index (χ0n) is 47.2. The number of hydrogen-bond donors (Lipinski definition) is 22. The van der Waals surface area contributed by atoms with Crippen molar-refractivity contribution in [2.75, 3.05) is 32.8 Å². The molecule has 0 spiro atoms. The van der Waals surface area contributed by atoms with E-state index in [0.717, 1.165) is 11.8 Å². The molecule has 0 unspecified atom stereocenters. The molecule has 86 heavy (non-hydrogen) atoms. The molecule has 1 heterocycles. The third-order valence-electron chi connectivity index (χ3n) is 12.4. The largest absolute Gasteiger partial charge is 0.567 e. The number of rotatable bonds is 39. The molecule has 1 aromatic carbocycles. The lowest BCUT2D eigenvalue weighted by Crippen LogP contribution is -2.62. The number of aliphatic hydroxyl groups is 1. The number of nitrogens with zero attached hydrogens (tertiary/aromatic N) is 1. The maximum atomic E-state index is 14.3. The van der Waals surface area contributed by atoms with Crippen molar-refractivity contribution >= 4 is 87.3 Å². The normalized spacial score (nSPS) is 16.6. The molecule has 10 atom stereocenters. The first-order chi connectivity index (χ1) is 40.0. The van der Waals surface area contributed by atoms with Gasteiger partial charge in [0.05, 0.1) is 25.1 Å². The van der Waals surface area contributed by atoms with E-state index in [1.165, 1.54) is 0 Å². The molecule has 1 aromatic rings. The third kappa shape index (κ3) is 29.1. The standard InChI is InChI=1S/C47H79N15O22P2/c1-23(2)17-29(55-36(66)20-54-39(68)30(19-35(50)65)58-38(67)26(48)18-25-9-5-4-6-10-25)42(71)61-37(24(3)63)44(73)59-31(21-83-85(77,78)79)45(74)62-16-8-12-33(62)43(72)57-28(13-14-34(49)64)41(70)56-27(11-7-15-53-47(51)52)40(69)60-32(46(75)76)22-84-86(80,81)82/h4-6,9-10,23-24,26-33,37,47,53,63,77-82H,7-8,11-22,48,51-52H2,1-3H3,(H11-2,49,50,54,55,56,57,58,59,60,61,64,65,66,67,68,69,70,71,72,73,75,76)/p+2/t24-,26+,27+,28+,29+,30+,31+,32+,33+,37+/m1/s1. The summed E-state index contributed by atoms with van der Waals surface area (Å²) in [7, 11) is -10.2. The second-order valence-electron chi connectivity index (χ2n) is 20.2. The summed E-state index contributed by atoms with van der Waals surface area (Å²) in [5, 5.41) is 41.2. The van der Waals surface area contributed by atoms with Gasteiger partial charge in [0, 0.05) is 13.0 Å².